The van der Waals surface area contributed by atoms with Crippen LogP contribution in [0.5, 0.6) is 11.5 Å². The van der Waals surface area contributed by atoms with Gasteiger partial charge in [-0.05, 0) is 101 Å². The van der Waals surface area contributed by atoms with Crippen molar-refractivity contribution in [2.24, 2.45) is 22.9 Å². The second-order valence-electron chi connectivity index (χ2n) is 17.9. The van der Waals surface area contributed by atoms with Crippen molar-refractivity contribution in [3.63, 3.8) is 0 Å². The van der Waals surface area contributed by atoms with Crippen molar-refractivity contribution >= 4 is 34.4 Å². The molecule has 5 aromatic carbocycles. The number of amides is 2. The SMILES string of the molecule is C=CCOC12Oc3ccc(OC(=O)NCc4ccccc4)cc3C3C(CCCCO)C(CCCCO)C=C(C(=NOCc4ccc([N+](=O)[O-])cc4)CC1N(Cc1cccc4ccccc14)C(=O)OC)C32. The van der Waals surface area contributed by atoms with Crippen LogP contribution in [0.4, 0.5) is 15.3 Å². The summed E-state index contributed by atoms with van der Waals surface area (Å²) in [5, 5.41) is 41.2. The van der Waals surface area contributed by atoms with Gasteiger partial charge in [-0.1, -0.05) is 103 Å². The van der Waals surface area contributed by atoms with Crippen LogP contribution in [0, 0.1) is 27.9 Å². The lowest BCUT2D eigenvalue weighted by atomic mass is 9.55. The third kappa shape index (κ3) is 10.9. The molecule has 0 saturated heterocycles. The maximum atomic E-state index is 14.6. The molecule has 0 radical (unpaired) electrons. The number of nitro groups is 1. The molecule has 1 aliphatic heterocycles. The second-order valence-corrected chi connectivity index (χ2v) is 17.9. The molecule has 8 rings (SSSR count). The Morgan fingerprint density at radius 1 is 0.929 bits per heavy atom. The highest BCUT2D eigenvalue weighted by molar-refractivity contribution is 6.03. The monoisotopic (exact) mass is 952 g/mol. The number of methoxy groups -OCH3 is 1. The van der Waals surface area contributed by atoms with E-state index >= 15 is 0 Å². The van der Waals surface area contributed by atoms with Crippen molar-refractivity contribution in [2.75, 3.05) is 26.9 Å². The first-order valence-corrected chi connectivity index (χ1v) is 23.9. The number of allylic oxidation sites excluding steroid dienone is 1. The van der Waals surface area contributed by atoms with Crippen LogP contribution in [0.2, 0.25) is 0 Å². The average Bonchev–Trinajstić information content (AvgIpc) is 3.38. The third-order valence-electron chi connectivity index (χ3n) is 13.7. The Kier molecular flexibility index (Phi) is 16.2. The number of hydrogen-bond acceptors (Lipinski definition) is 12. The molecule has 15 heteroatoms. The van der Waals surface area contributed by atoms with E-state index in [0.717, 1.165) is 45.9 Å². The average molecular weight is 953 g/mol. The number of nitro benzene ring substituents is 1. The van der Waals surface area contributed by atoms with Gasteiger partial charge in [0.15, 0.2) is 0 Å². The number of non-ortho nitro benzene ring substituents is 1. The van der Waals surface area contributed by atoms with Gasteiger partial charge in [-0.25, -0.2) is 9.59 Å². The summed E-state index contributed by atoms with van der Waals surface area (Å²) in [7, 11) is 1.35. The molecule has 0 bridgehead atoms. The van der Waals surface area contributed by atoms with E-state index in [2.05, 4.69) is 18.0 Å². The molecule has 0 aromatic heterocycles. The highest BCUT2D eigenvalue weighted by Gasteiger charge is 2.65. The number of carbonyl (C=O) groups is 2. The Labute approximate surface area is 407 Å². The highest BCUT2D eigenvalue weighted by atomic mass is 16.7. The molecule has 5 aromatic rings. The summed E-state index contributed by atoms with van der Waals surface area (Å²) in [5.74, 6) is -2.02. The van der Waals surface area contributed by atoms with Crippen molar-refractivity contribution in [2.45, 2.75) is 82.4 Å². The van der Waals surface area contributed by atoms with Crippen LogP contribution < -0.4 is 14.8 Å². The molecule has 2 amide bonds. The van der Waals surface area contributed by atoms with E-state index in [4.69, 9.17) is 28.9 Å². The predicted octanol–water partition coefficient (Wildman–Crippen LogP) is 10.1. The van der Waals surface area contributed by atoms with Crippen LogP contribution in [0.3, 0.4) is 0 Å². The van der Waals surface area contributed by atoms with Gasteiger partial charge in [0, 0.05) is 49.8 Å². The molecule has 1 saturated carbocycles. The van der Waals surface area contributed by atoms with Gasteiger partial charge in [0.1, 0.15) is 24.1 Å². The van der Waals surface area contributed by atoms with Gasteiger partial charge in [-0.15, -0.1) is 6.58 Å². The van der Waals surface area contributed by atoms with Gasteiger partial charge in [0.25, 0.3) is 5.69 Å². The molecular weight excluding hydrogens is 893 g/mol. The lowest BCUT2D eigenvalue weighted by Gasteiger charge is -2.59. The Morgan fingerprint density at radius 2 is 1.67 bits per heavy atom. The molecule has 6 unspecified atom stereocenters. The van der Waals surface area contributed by atoms with Crippen LogP contribution >= 0.6 is 0 Å². The first kappa shape index (κ1) is 49.4. The highest BCUT2D eigenvalue weighted by Crippen LogP contribution is 2.62. The van der Waals surface area contributed by atoms with E-state index in [1.165, 1.54) is 19.2 Å². The molecule has 70 heavy (non-hydrogen) atoms. The lowest BCUT2D eigenvalue weighted by molar-refractivity contribution is -0.384. The molecule has 366 valence electrons. The first-order chi connectivity index (χ1) is 34.2. The summed E-state index contributed by atoms with van der Waals surface area (Å²) < 4.78 is 26.1. The molecular formula is C55H60N4O11. The summed E-state index contributed by atoms with van der Waals surface area (Å²) in [6, 6.07) is 34.0. The van der Waals surface area contributed by atoms with E-state index in [1.807, 2.05) is 78.9 Å². The molecule has 3 aliphatic rings. The number of aliphatic hydroxyl groups excluding tert-OH is 2. The fourth-order valence-electron chi connectivity index (χ4n) is 10.6. The Bertz CT molecular complexity index is 2690. The quantitative estimate of drug-likeness (QED) is 0.0274. The van der Waals surface area contributed by atoms with Crippen molar-refractivity contribution < 1.29 is 48.5 Å². The molecule has 1 heterocycles. The minimum atomic E-state index is -1.59. The molecule has 1 fully saturated rings. The summed E-state index contributed by atoms with van der Waals surface area (Å²) in [6.07, 6.45) is 6.77. The number of nitrogens with one attached hydrogen (secondary N) is 1. The number of ether oxygens (including phenoxy) is 4. The fraction of sp³-hybridized carbons (Fsp3) is 0.364. The topological polar surface area (TPSA) is 192 Å². The smallest absolute Gasteiger partial charge is 0.412 e. The number of oxime groups is 1. The summed E-state index contributed by atoms with van der Waals surface area (Å²) in [4.78, 5) is 46.8. The van der Waals surface area contributed by atoms with Crippen LogP contribution in [-0.2, 0) is 34.0 Å². The molecule has 0 spiro atoms. The van der Waals surface area contributed by atoms with E-state index in [9.17, 15) is 29.9 Å². The van der Waals surface area contributed by atoms with Crippen LogP contribution in [0.15, 0.2) is 145 Å². The van der Waals surface area contributed by atoms with Gasteiger partial charge in [-0.2, -0.15) is 0 Å². The van der Waals surface area contributed by atoms with Crippen LogP contribution in [-0.4, -0.2) is 76.7 Å². The number of hydrogen-bond donors (Lipinski definition) is 3. The molecule has 6 atom stereocenters. The predicted molar refractivity (Wildman–Crippen MR) is 264 cm³/mol. The van der Waals surface area contributed by atoms with E-state index < -0.39 is 40.8 Å². The summed E-state index contributed by atoms with van der Waals surface area (Å²) in [6.45, 7) is 4.51. The van der Waals surface area contributed by atoms with E-state index in [-0.39, 0.29) is 63.5 Å². The van der Waals surface area contributed by atoms with Gasteiger partial charge in [0.2, 0.25) is 5.79 Å². The first-order valence-electron chi connectivity index (χ1n) is 23.9. The number of rotatable bonds is 21. The molecule has 3 N–H and O–H groups in total. The minimum Gasteiger partial charge on any atom is -0.459 e. The maximum Gasteiger partial charge on any atom is 0.412 e. The standard InChI is InChI=1S/C55H60N4O11/c1-3-30-67-55-50(58(54(63)66-2)35-41-19-13-18-39-16-7-8-20-44(39)41)33-48(57-68-36-38-22-24-42(25-23-38)59(64)65)46-31-40(17-9-11-28-60)45(21-10-12-29-61)51(52(46)55)47-32-43(26-27-49(47)70-55)69-53(62)56-34-37-14-5-4-6-15-37/h3-8,13-16,18-20,22-27,31-32,40,45,50-52,60-61H,1,9-12,17,21,28-30,33-36H2,2H3,(H,56,62). The molecule has 2 aliphatic carbocycles. The largest absolute Gasteiger partial charge is 0.459 e. The van der Waals surface area contributed by atoms with Gasteiger partial charge in [0.05, 0.1) is 36.8 Å². The molecule has 15 nitrogen and oxygen atoms in total. The maximum absolute atomic E-state index is 14.6. The normalized spacial score (nSPS) is 21.6. The van der Waals surface area contributed by atoms with Crippen molar-refractivity contribution in [1.29, 1.82) is 0 Å². The van der Waals surface area contributed by atoms with Crippen molar-refractivity contribution in [1.82, 2.24) is 10.2 Å². The van der Waals surface area contributed by atoms with Gasteiger partial charge >= 0.3 is 12.2 Å². The van der Waals surface area contributed by atoms with Gasteiger partial charge < -0.3 is 39.3 Å². The van der Waals surface area contributed by atoms with E-state index in [0.29, 0.717) is 48.5 Å². The Morgan fingerprint density at radius 3 is 2.41 bits per heavy atom. The number of unbranched alkanes of at least 4 members (excludes halogenated alkanes) is 2. The number of carbonyl (C=O) groups excluding carboxylic acids is 2. The summed E-state index contributed by atoms with van der Waals surface area (Å²) in [5.41, 5.74) is 4.51. The minimum absolute atomic E-state index is 0.00154. The zero-order valence-electron chi connectivity index (χ0n) is 39.3. The van der Waals surface area contributed by atoms with Crippen molar-refractivity contribution in [3.05, 3.63) is 172 Å². The van der Waals surface area contributed by atoms with Gasteiger partial charge in [-0.3, -0.25) is 15.0 Å². The zero-order valence-corrected chi connectivity index (χ0v) is 39.3. The van der Waals surface area contributed by atoms with E-state index in [1.54, 1.807) is 35.2 Å². The number of nitrogens with zero attached hydrogens (tertiary/aromatic N) is 3. The van der Waals surface area contributed by atoms with Crippen LogP contribution in [0.1, 0.15) is 73.1 Å². The second kappa shape index (κ2) is 23.0. The van der Waals surface area contributed by atoms with Crippen LogP contribution in [0.25, 0.3) is 10.8 Å². The van der Waals surface area contributed by atoms with Crippen molar-refractivity contribution in [3.8, 4) is 11.5 Å². The zero-order chi connectivity index (χ0) is 49.0. The fourth-order valence-corrected chi connectivity index (χ4v) is 10.6. The number of benzene rings is 5. The number of fused-ring (bicyclic) bond motifs is 3. The Balaban J connectivity index is 1.30. The summed E-state index contributed by atoms with van der Waals surface area (Å²) >= 11 is 0. The Hall–Kier alpha value is -7.07. The third-order valence-corrected chi connectivity index (χ3v) is 13.7. The number of aliphatic hydroxyl groups is 2. The lowest BCUT2D eigenvalue weighted by Crippen LogP contribution is -2.70.